The summed E-state index contributed by atoms with van der Waals surface area (Å²) in [6.07, 6.45) is 1.65. The first-order valence-corrected chi connectivity index (χ1v) is 7.61. The maximum absolute atomic E-state index is 12.4. The van der Waals surface area contributed by atoms with Crippen LogP contribution in [0, 0.1) is 5.92 Å². The summed E-state index contributed by atoms with van der Waals surface area (Å²) in [6.45, 7) is 3.44. The van der Waals surface area contributed by atoms with E-state index in [1.54, 1.807) is 0 Å². The molecule has 1 atom stereocenters. The van der Waals surface area contributed by atoms with Crippen molar-refractivity contribution in [3.63, 3.8) is 0 Å². The molecule has 3 heteroatoms. The molecule has 0 bridgehead atoms. The maximum atomic E-state index is 12.4. The molecule has 1 saturated heterocycles. The van der Waals surface area contributed by atoms with E-state index in [9.17, 15) is 4.79 Å². The zero-order chi connectivity index (χ0) is 14.7. The molecule has 3 nitrogen and oxygen atoms in total. The van der Waals surface area contributed by atoms with Gasteiger partial charge >= 0.3 is 0 Å². The molecule has 2 aromatic rings. The molecular formula is C18H21NO2. The van der Waals surface area contributed by atoms with E-state index in [0.29, 0.717) is 13.2 Å². The minimum atomic E-state index is 0.0199. The maximum Gasteiger partial charge on any atom is 0.223 e. The van der Waals surface area contributed by atoms with Crippen molar-refractivity contribution >= 4 is 16.7 Å². The number of hydrogen-bond donors (Lipinski definition) is 1. The Hall–Kier alpha value is -1.87. The van der Waals surface area contributed by atoms with Gasteiger partial charge in [-0.2, -0.15) is 0 Å². The van der Waals surface area contributed by atoms with Crippen molar-refractivity contribution < 1.29 is 9.53 Å². The van der Waals surface area contributed by atoms with Crippen molar-refractivity contribution in [1.29, 1.82) is 0 Å². The van der Waals surface area contributed by atoms with Crippen LogP contribution in [0.5, 0.6) is 0 Å². The van der Waals surface area contributed by atoms with E-state index in [2.05, 4.69) is 42.6 Å². The number of ether oxygens (including phenoxy) is 1. The van der Waals surface area contributed by atoms with Gasteiger partial charge < -0.3 is 10.1 Å². The number of carbonyl (C=O) groups is 1. The number of fused-ring (bicyclic) bond motifs is 1. The topological polar surface area (TPSA) is 38.3 Å². The molecular weight excluding hydrogens is 262 g/mol. The molecule has 0 aliphatic carbocycles. The Kier molecular flexibility index (Phi) is 4.20. The van der Waals surface area contributed by atoms with Crippen molar-refractivity contribution in [3.8, 4) is 0 Å². The lowest BCUT2D eigenvalue weighted by Gasteiger charge is -2.24. The van der Waals surface area contributed by atoms with E-state index in [-0.39, 0.29) is 17.9 Å². The van der Waals surface area contributed by atoms with Gasteiger partial charge in [-0.1, -0.05) is 42.5 Å². The SMILES string of the molecule is CC(NC(=O)C1CCOCC1)c1cccc2ccccc12. The van der Waals surface area contributed by atoms with Gasteiger partial charge in [-0.3, -0.25) is 4.79 Å². The zero-order valence-electron chi connectivity index (χ0n) is 12.3. The Balaban J connectivity index is 1.77. The van der Waals surface area contributed by atoms with Crippen LogP contribution >= 0.6 is 0 Å². The summed E-state index contributed by atoms with van der Waals surface area (Å²) in [5.74, 6) is 0.245. The van der Waals surface area contributed by atoms with Crippen LogP contribution in [0.1, 0.15) is 31.4 Å². The van der Waals surface area contributed by atoms with Crippen molar-refractivity contribution in [2.24, 2.45) is 5.92 Å². The highest BCUT2D eigenvalue weighted by molar-refractivity contribution is 5.87. The fourth-order valence-corrected chi connectivity index (χ4v) is 3.00. The number of benzene rings is 2. The fourth-order valence-electron chi connectivity index (χ4n) is 3.00. The third kappa shape index (κ3) is 3.08. The third-order valence-corrected chi connectivity index (χ3v) is 4.24. The number of hydrogen-bond acceptors (Lipinski definition) is 2. The number of rotatable bonds is 3. The van der Waals surface area contributed by atoms with Gasteiger partial charge in [0.1, 0.15) is 0 Å². The van der Waals surface area contributed by atoms with Crippen molar-refractivity contribution in [3.05, 3.63) is 48.0 Å². The predicted molar refractivity (Wildman–Crippen MR) is 84.0 cm³/mol. The van der Waals surface area contributed by atoms with Gasteiger partial charge in [-0.25, -0.2) is 0 Å². The number of nitrogens with one attached hydrogen (secondary N) is 1. The van der Waals surface area contributed by atoms with Gasteiger partial charge in [-0.05, 0) is 36.1 Å². The molecule has 21 heavy (non-hydrogen) atoms. The van der Waals surface area contributed by atoms with Crippen molar-refractivity contribution in [2.75, 3.05) is 13.2 Å². The zero-order valence-corrected chi connectivity index (χ0v) is 12.3. The van der Waals surface area contributed by atoms with Gasteiger partial charge in [0.25, 0.3) is 0 Å². The molecule has 1 amide bonds. The second-order valence-corrected chi connectivity index (χ2v) is 5.69. The van der Waals surface area contributed by atoms with E-state index in [4.69, 9.17) is 4.74 Å². The van der Waals surface area contributed by atoms with Gasteiger partial charge in [0.05, 0.1) is 6.04 Å². The highest BCUT2D eigenvalue weighted by Crippen LogP contribution is 2.25. The predicted octanol–water partition coefficient (Wildman–Crippen LogP) is 3.44. The molecule has 1 N–H and O–H groups in total. The molecule has 1 unspecified atom stereocenters. The molecule has 0 aromatic heterocycles. The summed E-state index contributed by atoms with van der Waals surface area (Å²) in [6, 6.07) is 14.6. The molecule has 3 rings (SSSR count). The van der Waals surface area contributed by atoms with Crippen LogP contribution in [0.3, 0.4) is 0 Å². The van der Waals surface area contributed by atoms with Crippen LogP contribution in [0.15, 0.2) is 42.5 Å². The lowest BCUT2D eigenvalue weighted by Crippen LogP contribution is -2.35. The molecule has 110 valence electrons. The van der Waals surface area contributed by atoms with Crippen LogP contribution in [-0.4, -0.2) is 19.1 Å². The first-order valence-electron chi connectivity index (χ1n) is 7.61. The van der Waals surface area contributed by atoms with E-state index >= 15 is 0 Å². The Morgan fingerprint density at radius 1 is 1.14 bits per heavy atom. The van der Waals surface area contributed by atoms with Crippen LogP contribution in [0.2, 0.25) is 0 Å². The van der Waals surface area contributed by atoms with Crippen molar-refractivity contribution in [1.82, 2.24) is 5.32 Å². The van der Waals surface area contributed by atoms with Gasteiger partial charge in [-0.15, -0.1) is 0 Å². The number of carbonyl (C=O) groups excluding carboxylic acids is 1. The van der Waals surface area contributed by atoms with Crippen LogP contribution < -0.4 is 5.32 Å². The molecule has 1 aliphatic heterocycles. The van der Waals surface area contributed by atoms with Crippen LogP contribution in [-0.2, 0) is 9.53 Å². The van der Waals surface area contributed by atoms with E-state index < -0.39 is 0 Å². The number of amides is 1. The van der Waals surface area contributed by atoms with Crippen molar-refractivity contribution in [2.45, 2.75) is 25.8 Å². The Labute approximate surface area is 125 Å². The normalized spacial score (nSPS) is 17.6. The van der Waals surface area contributed by atoms with E-state index in [1.165, 1.54) is 16.3 Å². The molecule has 0 radical (unpaired) electrons. The minimum absolute atomic E-state index is 0.0199. The Morgan fingerprint density at radius 2 is 1.86 bits per heavy atom. The van der Waals surface area contributed by atoms with Crippen LogP contribution in [0.25, 0.3) is 10.8 Å². The minimum Gasteiger partial charge on any atom is -0.381 e. The summed E-state index contributed by atoms with van der Waals surface area (Å²) in [5, 5.41) is 5.58. The first kappa shape index (κ1) is 14.1. The highest BCUT2D eigenvalue weighted by Gasteiger charge is 2.23. The molecule has 1 aliphatic rings. The lowest BCUT2D eigenvalue weighted by molar-refractivity contribution is -0.128. The standard InChI is InChI=1S/C18H21NO2/c1-13(19-18(20)15-9-11-21-12-10-15)16-8-4-6-14-5-2-3-7-17(14)16/h2-8,13,15H,9-12H2,1H3,(H,19,20). The average Bonchev–Trinajstić information content (AvgIpc) is 2.55. The average molecular weight is 283 g/mol. The van der Waals surface area contributed by atoms with Gasteiger partial charge in [0.15, 0.2) is 0 Å². The molecule has 0 spiro atoms. The smallest absolute Gasteiger partial charge is 0.223 e. The van der Waals surface area contributed by atoms with E-state index in [0.717, 1.165) is 12.8 Å². The summed E-state index contributed by atoms with van der Waals surface area (Å²) >= 11 is 0. The Bertz CT molecular complexity index is 627. The monoisotopic (exact) mass is 283 g/mol. The molecule has 0 saturated carbocycles. The quantitative estimate of drug-likeness (QED) is 0.937. The molecule has 1 fully saturated rings. The molecule has 2 aromatic carbocycles. The second-order valence-electron chi connectivity index (χ2n) is 5.69. The van der Waals surface area contributed by atoms with Crippen LogP contribution in [0.4, 0.5) is 0 Å². The van der Waals surface area contributed by atoms with Gasteiger partial charge in [0.2, 0.25) is 5.91 Å². The largest absolute Gasteiger partial charge is 0.381 e. The molecule has 1 heterocycles. The second kappa shape index (κ2) is 6.27. The lowest BCUT2D eigenvalue weighted by atomic mass is 9.96. The summed E-state index contributed by atoms with van der Waals surface area (Å²) in [4.78, 5) is 12.4. The summed E-state index contributed by atoms with van der Waals surface area (Å²) < 4.78 is 5.32. The fraction of sp³-hybridized carbons (Fsp3) is 0.389. The third-order valence-electron chi connectivity index (χ3n) is 4.24. The highest BCUT2D eigenvalue weighted by atomic mass is 16.5. The van der Waals surface area contributed by atoms with E-state index in [1.807, 2.05) is 12.1 Å². The first-order chi connectivity index (χ1) is 10.3. The summed E-state index contributed by atoms with van der Waals surface area (Å²) in [5.41, 5.74) is 1.17. The summed E-state index contributed by atoms with van der Waals surface area (Å²) in [7, 11) is 0. The Morgan fingerprint density at radius 3 is 2.67 bits per heavy atom. The van der Waals surface area contributed by atoms with Gasteiger partial charge in [0, 0.05) is 19.1 Å².